The number of carbonyl (C=O) groups excluding carboxylic acids is 1. The molecule has 2 aromatic carbocycles. The highest BCUT2D eigenvalue weighted by Gasteiger charge is 2.25. The lowest BCUT2D eigenvalue weighted by atomic mass is 9.95. The molecule has 0 unspecified atom stereocenters. The SMILES string of the molecule is CCN(CC)S(=O)(=O)c1ccc(NC(=O)C2CCN(Cc3ccc(C)cc3)CC2)cc1. The summed E-state index contributed by atoms with van der Waals surface area (Å²) in [5.74, 6) is -0.0114. The molecule has 0 atom stereocenters. The Kier molecular flexibility index (Phi) is 7.86. The van der Waals surface area contributed by atoms with Gasteiger partial charge in [-0.1, -0.05) is 43.7 Å². The van der Waals surface area contributed by atoms with E-state index in [0.717, 1.165) is 32.5 Å². The number of amides is 1. The van der Waals surface area contributed by atoms with Gasteiger partial charge in [-0.2, -0.15) is 4.31 Å². The van der Waals surface area contributed by atoms with Crippen molar-refractivity contribution in [1.29, 1.82) is 0 Å². The van der Waals surface area contributed by atoms with Gasteiger partial charge in [0.05, 0.1) is 4.90 Å². The van der Waals surface area contributed by atoms with Gasteiger partial charge in [0.15, 0.2) is 0 Å². The molecule has 0 radical (unpaired) electrons. The van der Waals surface area contributed by atoms with Gasteiger partial charge >= 0.3 is 0 Å². The van der Waals surface area contributed by atoms with Gasteiger partial charge in [0.1, 0.15) is 0 Å². The Labute approximate surface area is 186 Å². The highest BCUT2D eigenvalue weighted by Crippen LogP contribution is 2.23. The van der Waals surface area contributed by atoms with Crippen LogP contribution in [0.15, 0.2) is 53.4 Å². The van der Waals surface area contributed by atoms with Crippen molar-refractivity contribution in [2.75, 3.05) is 31.5 Å². The van der Waals surface area contributed by atoms with Gasteiger partial charge in [-0.25, -0.2) is 8.42 Å². The lowest BCUT2D eigenvalue weighted by molar-refractivity contribution is -0.121. The van der Waals surface area contributed by atoms with Crippen LogP contribution in [0.1, 0.15) is 37.8 Å². The van der Waals surface area contributed by atoms with Gasteiger partial charge in [0.25, 0.3) is 0 Å². The van der Waals surface area contributed by atoms with Crippen molar-refractivity contribution in [2.45, 2.75) is 45.1 Å². The van der Waals surface area contributed by atoms with E-state index in [0.29, 0.717) is 18.8 Å². The van der Waals surface area contributed by atoms with E-state index in [4.69, 9.17) is 0 Å². The molecular formula is C24H33N3O3S. The summed E-state index contributed by atoms with van der Waals surface area (Å²) in [5.41, 5.74) is 3.19. The Morgan fingerprint density at radius 2 is 1.58 bits per heavy atom. The van der Waals surface area contributed by atoms with E-state index in [2.05, 4.69) is 41.4 Å². The number of likely N-dealkylation sites (tertiary alicyclic amines) is 1. The predicted molar refractivity (Wildman–Crippen MR) is 124 cm³/mol. The van der Waals surface area contributed by atoms with Crippen LogP contribution in [0.25, 0.3) is 0 Å². The average molecular weight is 444 g/mol. The lowest BCUT2D eigenvalue weighted by Gasteiger charge is -2.31. The number of nitrogens with zero attached hydrogens (tertiary/aromatic N) is 2. The zero-order valence-corrected chi connectivity index (χ0v) is 19.5. The molecule has 1 saturated heterocycles. The largest absolute Gasteiger partial charge is 0.326 e. The first-order chi connectivity index (χ1) is 14.8. The van der Waals surface area contributed by atoms with Crippen LogP contribution in [0, 0.1) is 12.8 Å². The van der Waals surface area contributed by atoms with Crippen LogP contribution in [0.3, 0.4) is 0 Å². The van der Waals surface area contributed by atoms with Crippen molar-refractivity contribution < 1.29 is 13.2 Å². The average Bonchev–Trinajstić information content (AvgIpc) is 2.77. The van der Waals surface area contributed by atoms with Crippen LogP contribution >= 0.6 is 0 Å². The maximum absolute atomic E-state index is 12.7. The second-order valence-corrected chi connectivity index (χ2v) is 10.1. The molecule has 1 aliphatic rings. The van der Waals surface area contributed by atoms with E-state index in [1.165, 1.54) is 15.4 Å². The van der Waals surface area contributed by atoms with Crippen molar-refractivity contribution in [2.24, 2.45) is 5.92 Å². The lowest BCUT2D eigenvalue weighted by Crippen LogP contribution is -2.37. The van der Waals surface area contributed by atoms with Crippen LogP contribution in [-0.4, -0.2) is 49.7 Å². The Hall–Kier alpha value is -2.22. The number of piperidine rings is 1. The fourth-order valence-electron chi connectivity index (χ4n) is 3.97. The monoisotopic (exact) mass is 443 g/mol. The second-order valence-electron chi connectivity index (χ2n) is 8.14. The molecule has 31 heavy (non-hydrogen) atoms. The minimum absolute atomic E-state index is 0.00864. The van der Waals surface area contributed by atoms with Gasteiger partial charge in [-0.3, -0.25) is 9.69 Å². The number of rotatable bonds is 8. The molecule has 0 aromatic heterocycles. The molecule has 3 rings (SSSR count). The number of aryl methyl sites for hydroxylation is 1. The minimum Gasteiger partial charge on any atom is -0.326 e. The first-order valence-electron chi connectivity index (χ1n) is 11.0. The van der Waals surface area contributed by atoms with Crippen molar-refractivity contribution in [1.82, 2.24) is 9.21 Å². The van der Waals surface area contributed by atoms with Crippen LogP contribution in [0.4, 0.5) is 5.69 Å². The van der Waals surface area contributed by atoms with Gasteiger partial charge in [0.2, 0.25) is 15.9 Å². The van der Waals surface area contributed by atoms with Gasteiger partial charge in [0, 0.05) is 31.2 Å². The smallest absolute Gasteiger partial charge is 0.243 e. The van der Waals surface area contributed by atoms with Crippen LogP contribution in [0.2, 0.25) is 0 Å². The first-order valence-corrected chi connectivity index (χ1v) is 12.5. The standard InChI is InChI=1S/C24H33N3O3S/c1-4-27(5-2)31(29,30)23-12-10-22(11-13-23)25-24(28)21-14-16-26(17-15-21)18-20-8-6-19(3)7-9-20/h6-13,21H,4-5,14-18H2,1-3H3,(H,25,28). The van der Waals surface area contributed by atoms with Gasteiger partial charge < -0.3 is 5.32 Å². The van der Waals surface area contributed by atoms with Crippen molar-refractivity contribution in [3.05, 3.63) is 59.7 Å². The summed E-state index contributed by atoms with van der Waals surface area (Å²) in [6.45, 7) is 9.30. The van der Waals surface area contributed by atoms with Crippen LogP contribution < -0.4 is 5.32 Å². The van der Waals surface area contributed by atoms with Gasteiger partial charge in [-0.05, 0) is 62.7 Å². The van der Waals surface area contributed by atoms with E-state index in [1.54, 1.807) is 24.3 Å². The molecule has 168 valence electrons. The number of benzene rings is 2. The molecule has 1 heterocycles. The minimum atomic E-state index is -3.49. The van der Waals surface area contributed by atoms with E-state index in [1.807, 2.05) is 13.8 Å². The van der Waals surface area contributed by atoms with E-state index in [9.17, 15) is 13.2 Å². The molecule has 1 aliphatic heterocycles. The fraction of sp³-hybridized carbons (Fsp3) is 0.458. The molecule has 6 nitrogen and oxygen atoms in total. The first kappa shape index (κ1) is 23.4. The number of hydrogen-bond donors (Lipinski definition) is 1. The van der Waals surface area contributed by atoms with Crippen molar-refractivity contribution in [3.8, 4) is 0 Å². The van der Waals surface area contributed by atoms with E-state index < -0.39 is 10.0 Å². The number of hydrogen-bond acceptors (Lipinski definition) is 4. The number of carbonyl (C=O) groups is 1. The third-order valence-electron chi connectivity index (χ3n) is 5.95. The molecule has 0 saturated carbocycles. The van der Waals surface area contributed by atoms with Crippen molar-refractivity contribution >= 4 is 21.6 Å². The summed E-state index contributed by atoms with van der Waals surface area (Å²) in [6.07, 6.45) is 1.65. The van der Waals surface area contributed by atoms with Gasteiger partial charge in [-0.15, -0.1) is 0 Å². The van der Waals surface area contributed by atoms with Crippen molar-refractivity contribution in [3.63, 3.8) is 0 Å². The van der Waals surface area contributed by atoms with E-state index >= 15 is 0 Å². The Morgan fingerprint density at radius 3 is 2.13 bits per heavy atom. The fourth-order valence-corrected chi connectivity index (χ4v) is 5.43. The maximum Gasteiger partial charge on any atom is 0.243 e. The molecule has 1 fully saturated rings. The van der Waals surface area contributed by atoms with Crippen LogP contribution in [0.5, 0.6) is 0 Å². The highest BCUT2D eigenvalue weighted by atomic mass is 32.2. The molecular weight excluding hydrogens is 410 g/mol. The quantitative estimate of drug-likeness (QED) is 0.672. The maximum atomic E-state index is 12.7. The molecule has 0 spiro atoms. The summed E-state index contributed by atoms with van der Waals surface area (Å²) < 4.78 is 26.6. The third-order valence-corrected chi connectivity index (χ3v) is 8.01. The molecule has 2 aromatic rings. The molecule has 0 aliphatic carbocycles. The normalized spacial score (nSPS) is 15.9. The summed E-state index contributed by atoms with van der Waals surface area (Å²) >= 11 is 0. The molecule has 1 N–H and O–H groups in total. The summed E-state index contributed by atoms with van der Waals surface area (Å²) in [6, 6.07) is 15.1. The number of nitrogens with one attached hydrogen (secondary N) is 1. The second kappa shape index (κ2) is 10.4. The predicted octanol–water partition coefficient (Wildman–Crippen LogP) is 3.88. The summed E-state index contributed by atoms with van der Waals surface area (Å²) in [5, 5.41) is 2.95. The third kappa shape index (κ3) is 5.93. The molecule has 7 heteroatoms. The Balaban J connectivity index is 1.52. The highest BCUT2D eigenvalue weighted by molar-refractivity contribution is 7.89. The topological polar surface area (TPSA) is 69.7 Å². The zero-order chi connectivity index (χ0) is 22.4. The molecule has 0 bridgehead atoms. The summed E-state index contributed by atoms with van der Waals surface area (Å²) in [7, 11) is -3.49. The van der Waals surface area contributed by atoms with E-state index in [-0.39, 0.29) is 16.7 Å². The molecule has 1 amide bonds. The van der Waals surface area contributed by atoms with Crippen LogP contribution in [-0.2, 0) is 21.4 Å². The Morgan fingerprint density at radius 1 is 1.00 bits per heavy atom. The summed E-state index contributed by atoms with van der Waals surface area (Å²) in [4.78, 5) is 15.3. The Bertz CT molecular complexity index is 960. The number of anilines is 1. The zero-order valence-electron chi connectivity index (χ0n) is 18.7. The number of sulfonamides is 1.